The van der Waals surface area contributed by atoms with E-state index in [-0.39, 0.29) is 10.6 Å². The van der Waals surface area contributed by atoms with Gasteiger partial charge in [-0.2, -0.15) is 12.8 Å². The second-order valence-electron chi connectivity index (χ2n) is 4.89. The molecule has 0 radical (unpaired) electrons. The first kappa shape index (κ1) is 15.7. The zero-order valence-corrected chi connectivity index (χ0v) is 14.3. The average molecular weight is 390 g/mol. The summed E-state index contributed by atoms with van der Waals surface area (Å²) in [5.41, 5.74) is 0.377. The van der Waals surface area contributed by atoms with E-state index in [0.29, 0.717) is 10.0 Å². The van der Waals surface area contributed by atoms with E-state index < -0.39 is 10.0 Å². The van der Waals surface area contributed by atoms with Gasteiger partial charge in [0.05, 0.1) is 11.1 Å². The zero-order valence-electron chi connectivity index (χ0n) is 11.8. The molecule has 0 aliphatic rings. The van der Waals surface area contributed by atoms with Gasteiger partial charge in [0, 0.05) is 10.0 Å². The van der Waals surface area contributed by atoms with E-state index in [1.165, 1.54) is 24.4 Å². The van der Waals surface area contributed by atoms with E-state index in [4.69, 9.17) is 0 Å². The van der Waals surface area contributed by atoms with E-state index in [0.717, 1.165) is 10.8 Å². The quantitative estimate of drug-likeness (QED) is 0.685. The van der Waals surface area contributed by atoms with Crippen molar-refractivity contribution in [2.24, 2.45) is 4.40 Å². The third-order valence-corrected chi connectivity index (χ3v) is 5.09. The number of phenolic OH excluding ortho intramolecular Hbond substituents is 1. The van der Waals surface area contributed by atoms with Gasteiger partial charge in [-0.25, -0.2) is 0 Å². The number of nitrogens with zero attached hydrogens (tertiary/aromatic N) is 1. The maximum atomic E-state index is 12.3. The Balaban J connectivity index is 2.08. The van der Waals surface area contributed by atoms with E-state index in [2.05, 4.69) is 20.3 Å². The van der Waals surface area contributed by atoms with Crippen molar-refractivity contribution in [1.82, 2.24) is 0 Å². The highest BCUT2D eigenvalue weighted by Gasteiger charge is 2.13. The van der Waals surface area contributed by atoms with Crippen LogP contribution in [0.3, 0.4) is 0 Å². The van der Waals surface area contributed by atoms with Crippen LogP contribution in [0.2, 0.25) is 0 Å². The lowest BCUT2D eigenvalue weighted by atomic mass is 10.0. The molecule has 116 valence electrons. The SMILES string of the molecule is O=S(=O)(/N=C/c1c(O)ccc2ccccc12)c1cccc(Br)c1. The molecule has 0 fully saturated rings. The normalized spacial score (nSPS) is 12.0. The van der Waals surface area contributed by atoms with Crippen LogP contribution in [0.15, 0.2) is 74.4 Å². The molecular formula is C17H12BrNO3S. The van der Waals surface area contributed by atoms with Crippen LogP contribution in [0.5, 0.6) is 5.75 Å². The Morgan fingerprint density at radius 1 is 1.00 bits per heavy atom. The molecule has 3 rings (SSSR count). The van der Waals surface area contributed by atoms with Crippen LogP contribution in [-0.2, 0) is 10.0 Å². The third-order valence-electron chi connectivity index (χ3n) is 3.36. The van der Waals surface area contributed by atoms with E-state index in [9.17, 15) is 13.5 Å². The van der Waals surface area contributed by atoms with Crippen molar-refractivity contribution in [3.63, 3.8) is 0 Å². The fourth-order valence-electron chi connectivity index (χ4n) is 2.23. The van der Waals surface area contributed by atoms with Gasteiger partial charge in [0.15, 0.2) is 0 Å². The molecule has 0 saturated carbocycles. The highest BCUT2D eigenvalue weighted by atomic mass is 79.9. The number of hydrogen-bond donors (Lipinski definition) is 1. The predicted molar refractivity (Wildman–Crippen MR) is 94.5 cm³/mol. The number of sulfonamides is 1. The molecule has 3 aromatic rings. The standard InChI is InChI=1S/C17H12BrNO3S/c18-13-5-3-6-14(10-13)23(21,22)19-11-16-15-7-2-1-4-12(15)8-9-17(16)20/h1-11,20H/b19-11+. The average Bonchev–Trinajstić information content (AvgIpc) is 2.54. The van der Waals surface area contributed by atoms with Gasteiger partial charge < -0.3 is 5.11 Å². The fourth-order valence-corrected chi connectivity index (χ4v) is 3.67. The summed E-state index contributed by atoms with van der Waals surface area (Å²) < 4.78 is 29.0. The molecule has 0 heterocycles. The molecule has 0 aliphatic heterocycles. The van der Waals surface area contributed by atoms with Crippen LogP contribution in [0.1, 0.15) is 5.56 Å². The molecule has 0 aliphatic carbocycles. The molecule has 1 N–H and O–H groups in total. The van der Waals surface area contributed by atoms with Crippen molar-refractivity contribution < 1.29 is 13.5 Å². The molecule has 0 spiro atoms. The summed E-state index contributed by atoms with van der Waals surface area (Å²) >= 11 is 3.24. The number of halogens is 1. The largest absolute Gasteiger partial charge is 0.507 e. The minimum absolute atomic E-state index is 0.0168. The van der Waals surface area contributed by atoms with Crippen molar-refractivity contribution in [3.8, 4) is 5.75 Å². The van der Waals surface area contributed by atoms with Crippen LogP contribution in [0, 0.1) is 0 Å². The summed E-state index contributed by atoms with van der Waals surface area (Å²) in [6.07, 6.45) is 1.19. The van der Waals surface area contributed by atoms with Gasteiger partial charge in [-0.05, 0) is 35.0 Å². The highest BCUT2D eigenvalue weighted by molar-refractivity contribution is 9.10. The summed E-state index contributed by atoms with van der Waals surface area (Å²) in [6, 6.07) is 17.0. The molecule has 6 heteroatoms. The van der Waals surface area contributed by atoms with Crippen molar-refractivity contribution in [3.05, 3.63) is 70.7 Å². The van der Waals surface area contributed by atoms with Crippen LogP contribution in [-0.4, -0.2) is 19.7 Å². The Hall–Kier alpha value is -2.18. The zero-order chi connectivity index (χ0) is 16.4. The van der Waals surface area contributed by atoms with Gasteiger partial charge in [-0.1, -0.05) is 52.3 Å². The first-order chi connectivity index (χ1) is 11.0. The fraction of sp³-hybridized carbons (Fsp3) is 0. The molecule has 23 heavy (non-hydrogen) atoms. The van der Waals surface area contributed by atoms with E-state index >= 15 is 0 Å². The van der Waals surface area contributed by atoms with E-state index in [1.54, 1.807) is 18.2 Å². The number of rotatable bonds is 3. The number of hydrogen-bond acceptors (Lipinski definition) is 3. The van der Waals surface area contributed by atoms with Crippen LogP contribution >= 0.6 is 15.9 Å². The summed E-state index contributed by atoms with van der Waals surface area (Å²) in [5.74, 6) is -0.0168. The molecule has 0 aromatic heterocycles. The minimum Gasteiger partial charge on any atom is -0.507 e. The molecule has 4 nitrogen and oxygen atoms in total. The molecule has 0 bridgehead atoms. The number of phenols is 1. The Bertz CT molecular complexity index is 1010. The molecular weight excluding hydrogens is 378 g/mol. The second kappa shape index (κ2) is 6.14. The van der Waals surface area contributed by atoms with Gasteiger partial charge in [0.2, 0.25) is 0 Å². The Labute approximate surface area is 142 Å². The highest BCUT2D eigenvalue weighted by Crippen LogP contribution is 2.26. The molecule has 0 unspecified atom stereocenters. The number of fused-ring (bicyclic) bond motifs is 1. The summed E-state index contributed by atoms with van der Waals surface area (Å²) in [7, 11) is -3.84. The maximum Gasteiger partial charge on any atom is 0.282 e. The number of benzene rings is 3. The number of aromatic hydroxyl groups is 1. The summed E-state index contributed by atoms with van der Waals surface area (Å²) in [4.78, 5) is 0.0860. The van der Waals surface area contributed by atoms with Crippen LogP contribution in [0.4, 0.5) is 0 Å². The Kier molecular flexibility index (Phi) is 4.19. The summed E-state index contributed by atoms with van der Waals surface area (Å²) in [6.45, 7) is 0. The lowest BCUT2D eigenvalue weighted by molar-refractivity contribution is 0.475. The van der Waals surface area contributed by atoms with Crippen LogP contribution < -0.4 is 0 Å². The lowest BCUT2D eigenvalue weighted by Gasteiger charge is -2.05. The second-order valence-corrected chi connectivity index (χ2v) is 7.43. The first-order valence-electron chi connectivity index (χ1n) is 6.74. The van der Waals surface area contributed by atoms with Gasteiger partial charge >= 0.3 is 0 Å². The Morgan fingerprint density at radius 2 is 1.78 bits per heavy atom. The van der Waals surface area contributed by atoms with Gasteiger partial charge in [-0.15, -0.1) is 0 Å². The van der Waals surface area contributed by atoms with Crippen molar-refractivity contribution >= 4 is 42.9 Å². The smallest absolute Gasteiger partial charge is 0.282 e. The summed E-state index contributed by atoms with van der Waals surface area (Å²) in [5, 5.41) is 11.7. The maximum absolute atomic E-state index is 12.3. The van der Waals surface area contributed by atoms with Crippen molar-refractivity contribution in [2.75, 3.05) is 0 Å². The van der Waals surface area contributed by atoms with E-state index in [1.807, 2.05) is 24.3 Å². The lowest BCUT2D eigenvalue weighted by Crippen LogP contribution is -1.98. The molecule has 0 atom stereocenters. The van der Waals surface area contributed by atoms with Crippen molar-refractivity contribution in [1.29, 1.82) is 0 Å². The molecule has 0 amide bonds. The Morgan fingerprint density at radius 3 is 2.57 bits per heavy atom. The topological polar surface area (TPSA) is 66.7 Å². The monoisotopic (exact) mass is 389 g/mol. The third kappa shape index (κ3) is 3.28. The minimum atomic E-state index is -3.84. The van der Waals surface area contributed by atoms with Gasteiger partial charge in [0.1, 0.15) is 5.75 Å². The molecule has 3 aromatic carbocycles. The predicted octanol–water partition coefficient (Wildman–Crippen LogP) is 4.12. The van der Waals surface area contributed by atoms with Crippen LogP contribution in [0.25, 0.3) is 10.8 Å². The first-order valence-corrected chi connectivity index (χ1v) is 8.97. The van der Waals surface area contributed by atoms with Gasteiger partial charge in [-0.3, -0.25) is 0 Å². The van der Waals surface area contributed by atoms with Crippen molar-refractivity contribution in [2.45, 2.75) is 4.90 Å². The molecule has 0 saturated heterocycles. The van der Waals surface area contributed by atoms with Gasteiger partial charge in [0.25, 0.3) is 10.0 Å².